The molecule has 1 aromatic heterocycles. The summed E-state index contributed by atoms with van der Waals surface area (Å²) in [6.45, 7) is 10.5. The highest BCUT2D eigenvalue weighted by Gasteiger charge is 2.24. The largest absolute Gasteiger partial charge is 0.481 e. The van der Waals surface area contributed by atoms with Crippen LogP contribution in [-0.4, -0.2) is 28.6 Å². The fourth-order valence-corrected chi connectivity index (χ4v) is 3.51. The van der Waals surface area contributed by atoms with Gasteiger partial charge in [0.25, 0.3) is 6.01 Å². The van der Waals surface area contributed by atoms with E-state index in [2.05, 4.69) is 49.8 Å². The van der Waals surface area contributed by atoms with Gasteiger partial charge in [0.15, 0.2) is 5.58 Å². The normalized spacial score (nSPS) is 12.9. The fourth-order valence-electron chi connectivity index (χ4n) is 3.51. The third kappa shape index (κ3) is 4.75. The van der Waals surface area contributed by atoms with Gasteiger partial charge in [-0.1, -0.05) is 32.0 Å². The maximum Gasteiger partial charge on any atom is 0.303 e. The second kappa shape index (κ2) is 8.38. The van der Waals surface area contributed by atoms with Crippen LogP contribution in [0.15, 0.2) is 46.9 Å². The SMILES string of the molecule is CC(C)C(CC(=O)O)c1ccc(N(C)C(C)(C)C)c(Nc2nc3ccccc3o2)c1. The van der Waals surface area contributed by atoms with E-state index in [0.29, 0.717) is 11.6 Å². The van der Waals surface area contributed by atoms with Crippen molar-refractivity contribution < 1.29 is 14.3 Å². The van der Waals surface area contributed by atoms with Crippen LogP contribution in [0.3, 0.4) is 0 Å². The lowest BCUT2D eigenvalue weighted by Gasteiger charge is -2.36. The number of rotatable bonds is 7. The molecule has 1 unspecified atom stereocenters. The molecule has 2 N–H and O–H groups in total. The lowest BCUT2D eigenvalue weighted by atomic mass is 9.85. The standard InChI is InChI=1S/C24H31N3O3/c1-15(2)17(14-22(28)29)16-11-12-20(27(6)24(3,4)5)19(13-16)26-23-25-18-9-7-8-10-21(18)30-23/h7-13,15,17H,14H2,1-6H3,(H,25,26)(H,28,29). The van der Waals surface area contributed by atoms with Gasteiger partial charge in [-0.2, -0.15) is 4.98 Å². The zero-order valence-corrected chi connectivity index (χ0v) is 18.6. The number of carbonyl (C=O) groups is 1. The molecule has 3 aromatic rings. The second-order valence-corrected chi connectivity index (χ2v) is 9.07. The Balaban J connectivity index is 2.06. The summed E-state index contributed by atoms with van der Waals surface area (Å²) in [5.41, 5.74) is 4.22. The van der Waals surface area contributed by atoms with Crippen molar-refractivity contribution in [2.75, 3.05) is 17.3 Å². The molecule has 0 aliphatic carbocycles. The van der Waals surface area contributed by atoms with E-state index in [1.807, 2.05) is 49.5 Å². The number of anilines is 3. The first-order valence-electron chi connectivity index (χ1n) is 10.3. The number of nitrogens with zero attached hydrogens (tertiary/aromatic N) is 2. The van der Waals surface area contributed by atoms with E-state index in [1.165, 1.54) is 0 Å². The van der Waals surface area contributed by atoms with E-state index in [9.17, 15) is 9.90 Å². The van der Waals surface area contributed by atoms with Crippen molar-refractivity contribution in [3.63, 3.8) is 0 Å². The van der Waals surface area contributed by atoms with Crippen molar-refractivity contribution in [2.45, 2.75) is 52.5 Å². The summed E-state index contributed by atoms with van der Waals surface area (Å²) in [6.07, 6.45) is 0.0917. The number of oxazole rings is 1. The highest BCUT2D eigenvalue weighted by molar-refractivity contribution is 5.79. The number of hydrogen-bond donors (Lipinski definition) is 2. The van der Waals surface area contributed by atoms with Gasteiger partial charge in [0, 0.05) is 12.6 Å². The van der Waals surface area contributed by atoms with Gasteiger partial charge in [0.1, 0.15) is 5.52 Å². The molecule has 0 fully saturated rings. The maximum absolute atomic E-state index is 11.4. The van der Waals surface area contributed by atoms with Crippen molar-refractivity contribution in [1.82, 2.24) is 4.98 Å². The highest BCUT2D eigenvalue weighted by atomic mass is 16.4. The van der Waals surface area contributed by atoms with Crippen molar-refractivity contribution in [3.05, 3.63) is 48.0 Å². The first kappa shape index (κ1) is 21.7. The number of aliphatic carboxylic acids is 1. The number of carboxylic acid groups (broad SMARTS) is 1. The summed E-state index contributed by atoms with van der Waals surface area (Å²) in [4.78, 5) is 18.1. The van der Waals surface area contributed by atoms with Crippen molar-refractivity contribution in [2.24, 2.45) is 5.92 Å². The molecule has 3 rings (SSSR count). The quantitative estimate of drug-likeness (QED) is 0.497. The van der Waals surface area contributed by atoms with Gasteiger partial charge in [-0.3, -0.25) is 4.79 Å². The zero-order valence-electron chi connectivity index (χ0n) is 18.6. The van der Waals surface area contributed by atoms with Crippen LogP contribution in [0.1, 0.15) is 52.5 Å². The summed E-state index contributed by atoms with van der Waals surface area (Å²) in [7, 11) is 2.05. The molecule has 0 bridgehead atoms. The Labute approximate surface area is 177 Å². The Bertz CT molecular complexity index is 1000. The minimum atomic E-state index is -0.793. The lowest BCUT2D eigenvalue weighted by molar-refractivity contribution is -0.137. The smallest absolute Gasteiger partial charge is 0.303 e. The predicted molar refractivity (Wildman–Crippen MR) is 122 cm³/mol. The van der Waals surface area contributed by atoms with Crippen LogP contribution in [-0.2, 0) is 4.79 Å². The van der Waals surface area contributed by atoms with Crippen LogP contribution in [0.4, 0.5) is 17.4 Å². The number of para-hydroxylation sites is 2. The van der Waals surface area contributed by atoms with Crippen LogP contribution in [0, 0.1) is 5.92 Å². The zero-order chi connectivity index (χ0) is 22.1. The van der Waals surface area contributed by atoms with Gasteiger partial charge >= 0.3 is 5.97 Å². The van der Waals surface area contributed by atoms with E-state index in [-0.39, 0.29) is 23.8 Å². The van der Waals surface area contributed by atoms with Gasteiger partial charge in [-0.05, 0) is 62.4 Å². The minimum absolute atomic E-state index is 0.0827. The highest BCUT2D eigenvalue weighted by Crippen LogP contribution is 2.37. The van der Waals surface area contributed by atoms with Crippen LogP contribution in [0.25, 0.3) is 11.1 Å². The molecular weight excluding hydrogens is 378 g/mol. The molecule has 6 heteroatoms. The Hall–Kier alpha value is -3.02. The third-order valence-electron chi connectivity index (χ3n) is 5.55. The molecule has 0 spiro atoms. The summed E-state index contributed by atoms with van der Waals surface area (Å²) in [5.74, 6) is -0.678. The number of nitrogens with one attached hydrogen (secondary N) is 1. The molecular formula is C24H31N3O3. The summed E-state index contributed by atoms with van der Waals surface area (Å²) in [6, 6.07) is 14.1. The monoisotopic (exact) mass is 409 g/mol. The van der Waals surface area contributed by atoms with E-state index >= 15 is 0 Å². The summed E-state index contributed by atoms with van der Waals surface area (Å²) in [5, 5.41) is 12.7. The topological polar surface area (TPSA) is 78.6 Å². The molecule has 30 heavy (non-hydrogen) atoms. The number of aromatic nitrogens is 1. The molecule has 0 aliphatic heterocycles. The lowest BCUT2D eigenvalue weighted by Crippen LogP contribution is -2.38. The Morgan fingerprint density at radius 2 is 1.90 bits per heavy atom. The number of carboxylic acids is 1. The first-order chi connectivity index (χ1) is 14.1. The third-order valence-corrected chi connectivity index (χ3v) is 5.55. The molecule has 160 valence electrons. The van der Waals surface area contributed by atoms with Crippen LogP contribution < -0.4 is 10.2 Å². The van der Waals surface area contributed by atoms with Gasteiger partial charge in [-0.25, -0.2) is 0 Å². The molecule has 2 aromatic carbocycles. The molecule has 0 aliphatic rings. The molecule has 1 atom stereocenters. The van der Waals surface area contributed by atoms with Crippen molar-refractivity contribution in [3.8, 4) is 0 Å². The van der Waals surface area contributed by atoms with E-state index in [0.717, 1.165) is 22.5 Å². The van der Waals surface area contributed by atoms with Crippen LogP contribution >= 0.6 is 0 Å². The summed E-state index contributed by atoms with van der Waals surface area (Å²) < 4.78 is 5.87. The van der Waals surface area contributed by atoms with Gasteiger partial charge in [0.05, 0.1) is 17.8 Å². The van der Waals surface area contributed by atoms with E-state index in [4.69, 9.17) is 4.42 Å². The maximum atomic E-state index is 11.4. The van der Waals surface area contributed by atoms with Gasteiger partial charge < -0.3 is 19.7 Å². The van der Waals surface area contributed by atoms with Gasteiger partial charge in [0.2, 0.25) is 0 Å². The average Bonchev–Trinajstić information content (AvgIpc) is 3.06. The number of hydrogen-bond acceptors (Lipinski definition) is 5. The predicted octanol–water partition coefficient (Wildman–Crippen LogP) is 6.02. The number of benzene rings is 2. The van der Waals surface area contributed by atoms with E-state index < -0.39 is 5.97 Å². The molecule has 0 radical (unpaired) electrons. The van der Waals surface area contributed by atoms with Crippen molar-refractivity contribution >= 4 is 34.5 Å². The average molecular weight is 410 g/mol. The molecule has 0 saturated carbocycles. The molecule has 0 saturated heterocycles. The Morgan fingerprint density at radius 3 is 2.50 bits per heavy atom. The number of fused-ring (bicyclic) bond motifs is 1. The fraction of sp³-hybridized carbons (Fsp3) is 0.417. The Kier molecular flexibility index (Phi) is 6.06. The molecule has 0 amide bonds. The second-order valence-electron chi connectivity index (χ2n) is 9.07. The van der Waals surface area contributed by atoms with Gasteiger partial charge in [-0.15, -0.1) is 0 Å². The minimum Gasteiger partial charge on any atom is -0.481 e. The van der Waals surface area contributed by atoms with Crippen LogP contribution in [0.2, 0.25) is 0 Å². The van der Waals surface area contributed by atoms with E-state index in [1.54, 1.807) is 0 Å². The Morgan fingerprint density at radius 1 is 1.20 bits per heavy atom. The molecule has 6 nitrogen and oxygen atoms in total. The summed E-state index contributed by atoms with van der Waals surface area (Å²) >= 11 is 0. The molecule has 1 heterocycles. The van der Waals surface area contributed by atoms with Crippen molar-refractivity contribution in [1.29, 1.82) is 0 Å². The van der Waals surface area contributed by atoms with Crippen LogP contribution in [0.5, 0.6) is 0 Å². The first-order valence-corrected chi connectivity index (χ1v) is 10.3.